The molecule has 0 unspecified atom stereocenters. The van der Waals surface area contributed by atoms with Crippen LogP contribution in [0.25, 0.3) is 0 Å². The Hall–Kier alpha value is -2.07. The molecule has 0 bridgehead atoms. The minimum atomic E-state index is -0.703. The van der Waals surface area contributed by atoms with Gasteiger partial charge in [0.15, 0.2) is 0 Å². The minimum Gasteiger partial charge on any atom is -0.410 e. The van der Waals surface area contributed by atoms with Crippen LogP contribution in [0.3, 0.4) is 0 Å². The fourth-order valence-corrected chi connectivity index (χ4v) is 1.66. The summed E-state index contributed by atoms with van der Waals surface area (Å²) in [5.41, 5.74) is 0.581. The molecular formula is C14H11ClFNO2. The predicted octanol–water partition coefficient (Wildman–Crippen LogP) is 4.40. The van der Waals surface area contributed by atoms with E-state index < -0.39 is 11.9 Å². The molecule has 2 aromatic rings. The number of carbonyl (C=O) groups excluding carboxylic acids is 1. The molecule has 0 spiro atoms. The lowest BCUT2D eigenvalue weighted by Gasteiger charge is -2.08. The number of carbonyl (C=O) groups is 1. The first-order valence-electron chi connectivity index (χ1n) is 5.56. The van der Waals surface area contributed by atoms with E-state index in [9.17, 15) is 9.18 Å². The number of anilines is 1. The van der Waals surface area contributed by atoms with E-state index in [1.165, 1.54) is 12.1 Å². The first kappa shape index (κ1) is 13.4. The summed E-state index contributed by atoms with van der Waals surface area (Å²) in [5, 5.41) is 2.66. The highest BCUT2D eigenvalue weighted by molar-refractivity contribution is 6.31. The Morgan fingerprint density at radius 1 is 1.26 bits per heavy atom. The van der Waals surface area contributed by atoms with E-state index in [2.05, 4.69) is 5.32 Å². The second kappa shape index (κ2) is 5.71. The average molecular weight is 280 g/mol. The van der Waals surface area contributed by atoms with Crippen LogP contribution in [-0.2, 0) is 0 Å². The van der Waals surface area contributed by atoms with Crippen LogP contribution in [0, 0.1) is 12.7 Å². The highest BCUT2D eigenvalue weighted by atomic mass is 35.5. The molecule has 98 valence electrons. The fourth-order valence-electron chi connectivity index (χ4n) is 1.46. The van der Waals surface area contributed by atoms with Gasteiger partial charge in [-0.25, -0.2) is 9.18 Å². The van der Waals surface area contributed by atoms with Crippen molar-refractivity contribution in [2.75, 3.05) is 5.32 Å². The average Bonchev–Trinajstić information content (AvgIpc) is 2.37. The van der Waals surface area contributed by atoms with Crippen molar-refractivity contribution < 1.29 is 13.9 Å². The number of ether oxygens (including phenoxy) is 1. The summed E-state index contributed by atoms with van der Waals surface area (Å²) >= 11 is 5.83. The van der Waals surface area contributed by atoms with E-state index in [1.54, 1.807) is 37.3 Å². The van der Waals surface area contributed by atoms with E-state index in [4.69, 9.17) is 16.3 Å². The lowest BCUT2D eigenvalue weighted by atomic mass is 10.2. The number of halogens is 2. The number of para-hydroxylation sites is 1. The summed E-state index contributed by atoms with van der Waals surface area (Å²) in [4.78, 5) is 11.6. The smallest absolute Gasteiger partial charge is 0.410 e. The van der Waals surface area contributed by atoms with E-state index in [0.717, 1.165) is 0 Å². The molecule has 0 aliphatic carbocycles. The number of rotatable bonds is 2. The Labute approximate surface area is 115 Å². The quantitative estimate of drug-likeness (QED) is 0.885. The molecule has 0 heterocycles. The minimum absolute atomic E-state index is 0.244. The van der Waals surface area contributed by atoms with E-state index in [-0.39, 0.29) is 10.7 Å². The summed E-state index contributed by atoms with van der Waals surface area (Å²) in [6, 6.07) is 11.2. The first-order chi connectivity index (χ1) is 9.06. The molecule has 5 heteroatoms. The van der Waals surface area contributed by atoms with Crippen LogP contribution in [0.15, 0.2) is 42.5 Å². The van der Waals surface area contributed by atoms with Crippen molar-refractivity contribution in [2.45, 2.75) is 6.92 Å². The molecule has 19 heavy (non-hydrogen) atoms. The van der Waals surface area contributed by atoms with Crippen molar-refractivity contribution in [2.24, 2.45) is 0 Å². The Morgan fingerprint density at radius 3 is 2.58 bits per heavy atom. The van der Waals surface area contributed by atoms with Crippen LogP contribution in [0.2, 0.25) is 5.02 Å². The van der Waals surface area contributed by atoms with Crippen LogP contribution in [0.5, 0.6) is 5.75 Å². The molecule has 0 aromatic heterocycles. The van der Waals surface area contributed by atoms with Crippen molar-refractivity contribution in [1.82, 2.24) is 0 Å². The van der Waals surface area contributed by atoms with Crippen molar-refractivity contribution in [3.05, 3.63) is 58.9 Å². The van der Waals surface area contributed by atoms with E-state index >= 15 is 0 Å². The summed E-state index contributed by atoms with van der Waals surface area (Å²) in [6.07, 6.45) is -0.703. The molecule has 1 amide bonds. The maximum absolute atomic E-state index is 13.4. The molecule has 0 aliphatic rings. The molecular weight excluding hydrogens is 269 g/mol. The van der Waals surface area contributed by atoms with Crippen LogP contribution in [0.4, 0.5) is 14.9 Å². The van der Waals surface area contributed by atoms with Crippen molar-refractivity contribution in [3.8, 4) is 5.75 Å². The third-order valence-corrected chi connectivity index (χ3v) is 2.87. The maximum Gasteiger partial charge on any atom is 0.417 e. The van der Waals surface area contributed by atoms with Gasteiger partial charge in [-0.15, -0.1) is 0 Å². The largest absolute Gasteiger partial charge is 0.417 e. The van der Waals surface area contributed by atoms with Gasteiger partial charge in [0.1, 0.15) is 11.6 Å². The van der Waals surface area contributed by atoms with E-state index in [0.29, 0.717) is 11.3 Å². The zero-order chi connectivity index (χ0) is 13.8. The molecule has 3 nitrogen and oxygen atoms in total. The molecule has 2 aromatic carbocycles. The number of nitrogens with one attached hydrogen (secondary N) is 1. The second-order valence-electron chi connectivity index (χ2n) is 3.89. The number of benzene rings is 2. The maximum atomic E-state index is 13.4. The third kappa shape index (κ3) is 3.45. The van der Waals surface area contributed by atoms with Gasteiger partial charge in [0.25, 0.3) is 0 Å². The van der Waals surface area contributed by atoms with Gasteiger partial charge in [-0.1, -0.05) is 29.8 Å². The molecule has 0 atom stereocenters. The van der Waals surface area contributed by atoms with Gasteiger partial charge in [0.2, 0.25) is 0 Å². The van der Waals surface area contributed by atoms with Crippen molar-refractivity contribution in [3.63, 3.8) is 0 Å². The summed E-state index contributed by atoms with van der Waals surface area (Å²) in [6.45, 7) is 1.56. The highest BCUT2D eigenvalue weighted by Crippen LogP contribution is 2.23. The standard InChI is InChI=1S/C14H11ClFNO2/c1-9-12(15)7-10(8-13(9)16)17-14(18)19-11-5-3-2-4-6-11/h2-8H,1H3,(H,17,18). The van der Waals surface area contributed by atoms with Crippen LogP contribution in [0.1, 0.15) is 5.56 Å². The summed E-state index contributed by atoms with van der Waals surface area (Å²) < 4.78 is 18.5. The Kier molecular flexibility index (Phi) is 4.02. The third-order valence-electron chi connectivity index (χ3n) is 2.48. The van der Waals surface area contributed by atoms with Gasteiger partial charge in [-0.05, 0) is 31.2 Å². The van der Waals surface area contributed by atoms with Crippen LogP contribution < -0.4 is 10.1 Å². The number of hydrogen-bond donors (Lipinski definition) is 1. The normalized spacial score (nSPS) is 10.1. The first-order valence-corrected chi connectivity index (χ1v) is 5.93. The molecule has 1 N–H and O–H groups in total. The Bertz CT molecular complexity index is 579. The monoisotopic (exact) mass is 279 g/mol. The number of amides is 1. The van der Waals surface area contributed by atoms with Gasteiger partial charge in [0, 0.05) is 16.3 Å². The SMILES string of the molecule is Cc1c(F)cc(NC(=O)Oc2ccccc2)cc1Cl. The predicted molar refractivity (Wildman–Crippen MR) is 72.2 cm³/mol. The molecule has 0 saturated heterocycles. The summed E-state index contributed by atoms with van der Waals surface area (Å²) in [5.74, 6) is -0.0822. The molecule has 0 radical (unpaired) electrons. The van der Waals surface area contributed by atoms with Crippen molar-refractivity contribution in [1.29, 1.82) is 0 Å². The lowest BCUT2D eigenvalue weighted by molar-refractivity contribution is 0.215. The molecule has 0 aliphatic heterocycles. The topological polar surface area (TPSA) is 38.3 Å². The van der Waals surface area contributed by atoms with Crippen LogP contribution in [-0.4, -0.2) is 6.09 Å². The van der Waals surface area contributed by atoms with Gasteiger partial charge in [-0.2, -0.15) is 0 Å². The molecule has 0 saturated carbocycles. The fraction of sp³-hybridized carbons (Fsp3) is 0.0714. The van der Waals surface area contributed by atoms with E-state index in [1.807, 2.05) is 0 Å². The van der Waals surface area contributed by atoms with Gasteiger partial charge in [0.05, 0.1) is 0 Å². The zero-order valence-electron chi connectivity index (χ0n) is 10.1. The van der Waals surface area contributed by atoms with Gasteiger partial charge < -0.3 is 4.74 Å². The van der Waals surface area contributed by atoms with Crippen molar-refractivity contribution >= 4 is 23.4 Å². The number of hydrogen-bond acceptors (Lipinski definition) is 2. The van der Waals surface area contributed by atoms with Gasteiger partial charge in [-0.3, -0.25) is 5.32 Å². The summed E-state index contributed by atoms with van der Waals surface area (Å²) in [7, 11) is 0. The Morgan fingerprint density at radius 2 is 1.95 bits per heavy atom. The van der Waals surface area contributed by atoms with Crippen LogP contribution >= 0.6 is 11.6 Å². The second-order valence-corrected chi connectivity index (χ2v) is 4.30. The molecule has 0 fully saturated rings. The highest BCUT2D eigenvalue weighted by Gasteiger charge is 2.09. The zero-order valence-corrected chi connectivity index (χ0v) is 10.9. The molecule has 2 rings (SSSR count). The Balaban J connectivity index is 2.07. The lowest BCUT2D eigenvalue weighted by Crippen LogP contribution is -2.16. The van der Waals surface area contributed by atoms with Gasteiger partial charge >= 0.3 is 6.09 Å².